The number of ether oxygens (including phenoxy) is 12. The third-order valence-corrected chi connectivity index (χ3v) is 24.1. The fourth-order valence-corrected chi connectivity index (χ4v) is 17.2. The number of benzene rings is 12. The Morgan fingerprint density at radius 1 is 0.236 bits per heavy atom. The Kier molecular flexibility index (Phi) is 29.8. The Bertz CT molecular complexity index is 6040. The van der Waals surface area contributed by atoms with E-state index in [9.17, 15) is 28.8 Å². The quantitative estimate of drug-likeness (QED) is 0.0371. The Balaban J connectivity index is 0.000000173. The van der Waals surface area contributed by atoms with Gasteiger partial charge >= 0.3 is 36.4 Å². The smallest absolute Gasteiger partial charge is 0.496 e. The Hall–Kier alpha value is -13.7. The molecule has 18 heteroatoms. The van der Waals surface area contributed by atoms with E-state index in [4.69, 9.17) is 56.8 Å². The molecule has 0 radical (unpaired) electrons. The molecule has 2 aliphatic rings. The zero-order chi connectivity index (χ0) is 91.0. The van der Waals surface area contributed by atoms with Gasteiger partial charge in [-0.2, -0.15) is 0 Å². The van der Waals surface area contributed by atoms with E-state index >= 15 is 0 Å². The van der Waals surface area contributed by atoms with Gasteiger partial charge in [0.15, 0.2) is 0 Å². The fraction of sp³-hybridized carbons (Fsp3) is 0.284. The molecular weight excluding hydrogens is 1600 g/mol. The van der Waals surface area contributed by atoms with Crippen molar-refractivity contribution in [1.82, 2.24) is 0 Å². The molecule has 2 aliphatic carbocycles. The molecule has 0 atom stereocenters. The van der Waals surface area contributed by atoms with Crippen LogP contribution in [0.3, 0.4) is 0 Å². The van der Waals surface area contributed by atoms with Crippen molar-refractivity contribution < 1.29 is 85.6 Å². The summed E-state index contributed by atoms with van der Waals surface area (Å²) < 4.78 is 65.5. The zero-order valence-electron chi connectivity index (χ0n) is 75.9. The number of esters is 3. The molecule has 0 aliphatic heterocycles. The molecule has 0 spiro atoms. The number of hydrogen-bond acceptors (Lipinski definition) is 18. The van der Waals surface area contributed by atoms with Gasteiger partial charge in [0.1, 0.15) is 69.0 Å². The van der Waals surface area contributed by atoms with Crippen molar-refractivity contribution in [1.29, 1.82) is 0 Å². The monoisotopic (exact) mass is 1710 g/mol. The van der Waals surface area contributed by atoms with Crippen molar-refractivity contribution in [3.8, 4) is 102 Å². The molecule has 0 unspecified atom stereocenters. The van der Waals surface area contributed by atoms with Gasteiger partial charge < -0.3 is 56.8 Å². The highest BCUT2D eigenvalue weighted by molar-refractivity contribution is 5.76. The van der Waals surface area contributed by atoms with Crippen LogP contribution in [-0.2, 0) is 30.6 Å². The van der Waals surface area contributed by atoms with Gasteiger partial charge in [0.2, 0.25) is 0 Å². The maximum absolute atomic E-state index is 12.9. The summed E-state index contributed by atoms with van der Waals surface area (Å²) >= 11 is 0. The molecule has 656 valence electrons. The van der Waals surface area contributed by atoms with Crippen LogP contribution >= 0.6 is 0 Å². The average molecular weight is 1710 g/mol. The first-order chi connectivity index (χ1) is 60.7. The summed E-state index contributed by atoms with van der Waals surface area (Å²) in [6.07, 6.45) is 8.66. The standard InChI is InChI=1S/C38H40O6.C36H36O6.C35H36O6/c1-24-20-29(10-14-33(24)41-6)30-11-15-35(25(2)21-30)43-37(40)44-36-17-13-32(23-27(36)4)38(18-8-7-9-19-38)31-12-16-34(26(3)22-31)42-28(5)39;1-24-22-27(8-18-33(24)39-4)28-9-19-34(25(2)23-28)42-35(38)41-32-16-12-30(13-17-32)36(20-6-5-7-21-36)29-10-14-31(15-11-29)40-26(3)37;1-21-17-26(9-13-30(21)38-8)27-10-14-32(22(2)18-27)40-34(37)41-33-16-12-29(20-24(33)4)35(6,7)28-11-15-31(23(3)19-28)39-25(5)36/h10-17,20-23H,7-9,18-19H2,1-6H3;8-19,22-23H,5-7,20-21H2,1-4H3;9-20H,1-8H3. The molecule has 14 rings (SSSR count). The fourth-order valence-electron chi connectivity index (χ4n) is 17.2. The second-order valence-electron chi connectivity index (χ2n) is 33.5. The van der Waals surface area contributed by atoms with Crippen LogP contribution in [0.15, 0.2) is 231 Å². The van der Waals surface area contributed by atoms with Gasteiger partial charge in [0, 0.05) is 37.0 Å². The molecule has 0 aromatic heterocycles. The normalized spacial score (nSPS) is 13.1. The number of hydrogen-bond donors (Lipinski definition) is 0. The molecule has 0 saturated heterocycles. The van der Waals surface area contributed by atoms with Crippen LogP contribution in [0.4, 0.5) is 14.4 Å². The van der Waals surface area contributed by atoms with Crippen molar-refractivity contribution in [2.45, 2.75) is 184 Å². The van der Waals surface area contributed by atoms with Crippen molar-refractivity contribution >= 4 is 36.4 Å². The van der Waals surface area contributed by atoms with E-state index in [0.29, 0.717) is 51.7 Å². The lowest BCUT2D eigenvalue weighted by Crippen LogP contribution is -2.30. The van der Waals surface area contributed by atoms with Crippen LogP contribution in [0.25, 0.3) is 33.4 Å². The summed E-state index contributed by atoms with van der Waals surface area (Å²) in [7, 11) is 4.98. The van der Waals surface area contributed by atoms with Crippen molar-refractivity contribution in [3.63, 3.8) is 0 Å². The number of carbonyl (C=O) groups is 6. The second-order valence-corrected chi connectivity index (χ2v) is 33.5. The summed E-state index contributed by atoms with van der Waals surface area (Å²) in [6.45, 7) is 27.9. The Labute approximate surface area is 745 Å². The minimum atomic E-state index is -0.798. The lowest BCUT2D eigenvalue weighted by molar-refractivity contribution is -0.132. The molecule has 12 aromatic rings. The summed E-state index contributed by atoms with van der Waals surface area (Å²) in [6, 6.07) is 74.4. The van der Waals surface area contributed by atoms with E-state index in [2.05, 4.69) is 68.4 Å². The third-order valence-electron chi connectivity index (χ3n) is 24.1. The molecular formula is C109H112O18. The average Bonchev–Trinajstić information content (AvgIpc) is 0.806. The van der Waals surface area contributed by atoms with Crippen LogP contribution < -0.4 is 56.8 Å². The van der Waals surface area contributed by atoms with Crippen molar-refractivity contribution in [2.75, 3.05) is 21.3 Å². The molecule has 0 amide bonds. The molecule has 0 heterocycles. The van der Waals surface area contributed by atoms with Crippen LogP contribution in [0.2, 0.25) is 0 Å². The molecule has 127 heavy (non-hydrogen) atoms. The van der Waals surface area contributed by atoms with Crippen molar-refractivity contribution in [2.24, 2.45) is 0 Å². The Morgan fingerprint density at radius 2 is 0.457 bits per heavy atom. The Morgan fingerprint density at radius 3 is 0.717 bits per heavy atom. The van der Waals surface area contributed by atoms with E-state index in [1.165, 1.54) is 55.9 Å². The summed E-state index contributed by atoms with van der Waals surface area (Å²) in [5.74, 6) is 5.85. The maximum atomic E-state index is 12.9. The zero-order valence-corrected chi connectivity index (χ0v) is 75.9. The minimum Gasteiger partial charge on any atom is -0.496 e. The maximum Gasteiger partial charge on any atom is 0.519 e. The van der Waals surface area contributed by atoms with Gasteiger partial charge in [-0.05, 0) is 339 Å². The highest BCUT2D eigenvalue weighted by atomic mass is 16.7. The van der Waals surface area contributed by atoms with Crippen LogP contribution in [0, 0.1) is 69.2 Å². The third kappa shape index (κ3) is 22.5. The SMILES string of the molecule is COc1ccc(-c2ccc(OC(=O)Oc3ccc(C(C)(C)c4ccc(OC(C)=O)c(C)c4)cc3C)c(C)c2)cc1C.COc1ccc(-c2ccc(OC(=O)Oc3ccc(C4(c5ccc(OC(C)=O)c(C)c5)CCCCC4)cc3C)c(C)c2)cc1C.COc1ccc(-c2ccc(OC(=O)Oc3ccc(C4(c5ccc(OC(C)=O)cc5)CCCCC4)cc3)c(C)c2)cc1C. The summed E-state index contributed by atoms with van der Waals surface area (Å²) in [5.41, 5.74) is 21.6. The number of aryl methyl sites for hydroxylation is 10. The van der Waals surface area contributed by atoms with Gasteiger partial charge in [-0.3, -0.25) is 14.4 Å². The molecule has 2 fully saturated rings. The van der Waals surface area contributed by atoms with Gasteiger partial charge in [0.05, 0.1) is 21.3 Å². The van der Waals surface area contributed by atoms with E-state index in [0.717, 1.165) is 169 Å². The topological polar surface area (TPSA) is 213 Å². The van der Waals surface area contributed by atoms with Crippen LogP contribution in [0.1, 0.15) is 188 Å². The second kappa shape index (κ2) is 40.9. The van der Waals surface area contributed by atoms with Gasteiger partial charge in [-0.1, -0.05) is 162 Å². The van der Waals surface area contributed by atoms with E-state index in [1.807, 2.05) is 221 Å². The lowest BCUT2D eigenvalue weighted by atomic mass is 9.65. The summed E-state index contributed by atoms with van der Waals surface area (Å²) in [4.78, 5) is 72.5. The van der Waals surface area contributed by atoms with Crippen molar-refractivity contribution in [3.05, 3.63) is 320 Å². The lowest BCUT2D eigenvalue weighted by Gasteiger charge is -2.39. The van der Waals surface area contributed by atoms with Crippen LogP contribution in [-0.4, -0.2) is 57.7 Å². The van der Waals surface area contributed by atoms with E-state index in [-0.39, 0.29) is 34.2 Å². The number of carbonyl (C=O) groups excluding carboxylic acids is 6. The number of rotatable bonds is 21. The van der Waals surface area contributed by atoms with E-state index < -0.39 is 18.5 Å². The molecule has 18 nitrogen and oxygen atoms in total. The summed E-state index contributed by atoms with van der Waals surface area (Å²) in [5, 5.41) is 0. The first kappa shape index (κ1) is 92.4. The van der Waals surface area contributed by atoms with E-state index in [1.54, 1.807) is 45.6 Å². The highest BCUT2D eigenvalue weighted by Gasteiger charge is 2.38. The number of methoxy groups -OCH3 is 3. The molecule has 0 bridgehead atoms. The predicted molar refractivity (Wildman–Crippen MR) is 495 cm³/mol. The van der Waals surface area contributed by atoms with Gasteiger partial charge in [-0.25, -0.2) is 14.4 Å². The van der Waals surface area contributed by atoms with Gasteiger partial charge in [0.25, 0.3) is 0 Å². The molecule has 2 saturated carbocycles. The van der Waals surface area contributed by atoms with Gasteiger partial charge in [-0.15, -0.1) is 0 Å². The predicted octanol–water partition coefficient (Wildman–Crippen LogP) is 26.5. The molecule has 12 aromatic carbocycles. The first-order valence-electron chi connectivity index (χ1n) is 42.9. The van der Waals surface area contributed by atoms with Crippen LogP contribution in [0.5, 0.6) is 69.0 Å². The highest BCUT2D eigenvalue weighted by Crippen LogP contribution is 2.49. The molecule has 0 N–H and O–H groups in total. The minimum absolute atomic E-state index is 0.146. The largest absolute Gasteiger partial charge is 0.519 e. The first-order valence-corrected chi connectivity index (χ1v) is 42.9.